The Morgan fingerprint density at radius 2 is 2.14 bits per heavy atom. The first kappa shape index (κ1) is 14.1. The fourth-order valence-electron chi connectivity index (χ4n) is 2.59. The molecule has 5 N–H and O–H groups in total. The molecule has 0 aliphatic carbocycles. The van der Waals surface area contributed by atoms with Crippen LogP contribution >= 0.6 is 0 Å². The van der Waals surface area contributed by atoms with Gasteiger partial charge in [-0.25, -0.2) is 14.4 Å². The molecule has 0 spiro atoms. The van der Waals surface area contributed by atoms with Crippen molar-refractivity contribution < 1.29 is 24.4 Å². The maximum Gasteiger partial charge on any atom is 0.154 e. The fraction of sp³-hybridized carbons (Fsp3) is 0.500. The maximum absolute atomic E-state index is 14.0. The lowest BCUT2D eigenvalue weighted by Gasteiger charge is -2.27. The Labute approximate surface area is 118 Å². The van der Waals surface area contributed by atoms with E-state index in [1.165, 1.54) is 10.9 Å². The van der Waals surface area contributed by atoms with Crippen LogP contribution < -0.4 is 5.73 Å². The lowest BCUT2D eigenvalue weighted by atomic mass is 9.99. The molecule has 0 saturated carbocycles. The van der Waals surface area contributed by atoms with Crippen LogP contribution in [0.5, 0.6) is 0 Å². The van der Waals surface area contributed by atoms with E-state index in [0.29, 0.717) is 0 Å². The average Bonchev–Trinajstić information content (AvgIpc) is 2.98. The van der Waals surface area contributed by atoms with Gasteiger partial charge in [-0.05, 0) is 0 Å². The van der Waals surface area contributed by atoms with E-state index in [2.05, 4.69) is 9.97 Å². The number of hydrogen-bond acceptors (Lipinski definition) is 7. The molecule has 1 aliphatic heterocycles. The summed E-state index contributed by atoms with van der Waals surface area (Å²) in [4.78, 5) is 7.70. The predicted octanol–water partition coefficient (Wildman–Crippen LogP) is -0.844. The number of anilines is 1. The first-order valence-corrected chi connectivity index (χ1v) is 6.36. The van der Waals surface area contributed by atoms with Gasteiger partial charge in [-0.2, -0.15) is 0 Å². The van der Waals surface area contributed by atoms with Gasteiger partial charge in [0.15, 0.2) is 11.5 Å². The van der Waals surface area contributed by atoms with Crippen molar-refractivity contribution in [2.75, 3.05) is 18.9 Å². The summed E-state index contributed by atoms with van der Waals surface area (Å²) >= 11 is 0. The number of aliphatic hydroxyl groups is 3. The van der Waals surface area contributed by atoms with Crippen molar-refractivity contribution in [2.24, 2.45) is 0 Å². The summed E-state index contributed by atoms with van der Waals surface area (Å²) in [5, 5.41) is 28.7. The molecule has 0 radical (unpaired) electrons. The molecule has 1 fully saturated rings. The summed E-state index contributed by atoms with van der Waals surface area (Å²) in [6.07, 6.45) is 0.564. The third-order valence-corrected chi connectivity index (χ3v) is 3.84. The number of rotatable bonds is 3. The Morgan fingerprint density at radius 1 is 1.43 bits per heavy atom. The molecule has 0 amide bonds. The first-order valence-electron chi connectivity index (χ1n) is 6.36. The van der Waals surface area contributed by atoms with Crippen molar-refractivity contribution in [1.29, 1.82) is 0 Å². The molecule has 8 nitrogen and oxygen atoms in total. The Bertz CT molecular complexity index is 673. The molecular formula is C12H15FN4O4. The highest BCUT2D eigenvalue weighted by Gasteiger charge is 2.48. The summed E-state index contributed by atoms with van der Waals surface area (Å²) in [5.74, 6) is -0.600. The number of halogens is 1. The normalized spacial score (nSPS) is 24.8. The van der Waals surface area contributed by atoms with E-state index in [4.69, 9.17) is 10.5 Å². The molecule has 0 bridgehead atoms. The van der Waals surface area contributed by atoms with E-state index in [0.717, 1.165) is 6.20 Å². The van der Waals surface area contributed by atoms with Crippen LogP contribution in [0.3, 0.4) is 0 Å². The van der Waals surface area contributed by atoms with Crippen molar-refractivity contribution in [1.82, 2.24) is 14.5 Å². The quantitative estimate of drug-likeness (QED) is 0.581. The lowest BCUT2D eigenvalue weighted by Crippen LogP contribution is -2.46. The minimum absolute atomic E-state index is 0.00498. The number of aliphatic hydroxyl groups excluding tert-OH is 3. The number of hydrogen-bond donors (Lipinski definition) is 4. The van der Waals surface area contributed by atoms with E-state index >= 15 is 0 Å². The van der Waals surface area contributed by atoms with E-state index < -0.39 is 37.0 Å². The summed E-state index contributed by atoms with van der Waals surface area (Å²) in [6, 6.07) is 0. The highest BCUT2D eigenvalue weighted by Crippen LogP contribution is 2.38. The van der Waals surface area contributed by atoms with Gasteiger partial charge in [0.1, 0.15) is 24.0 Å². The molecule has 2 aromatic heterocycles. The van der Waals surface area contributed by atoms with E-state index in [-0.39, 0.29) is 23.3 Å². The Balaban J connectivity index is 2.05. The molecule has 1 saturated heterocycles. The highest BCUT2D eigenvalue weighted by atomic mass is 19.1. The van der Waals surface area contributed by atoms with Crippen molar-refractivity contribution in [3.63, 3.8) is 0 Å². The van der Waals surface area contributed by atoms with Crippen molar-refractivity contribution in [3.8, 4) is 0 Å². The van der Waals surface area contributed by atoms with Gasteiger partial charge in [-0.1, -0.05) is 0 Å². The minimum atomic E-state index is -1.48. The monoisotopic (exact) mass is 298 g/mol. The minimum Gasteiger partial charge on any atom is -0.393 e. The van der Waals surface area contributed by atoms with Crippen LogP contribution in [0.15, 0.2) is 12.5 Å². The molecule has 1 aliphatic rings. The fourth-order valence-corrected chi connectivity index (χ4v) is 2.59. The molecule has 2 atom stereocenters. The van der Waals surface area contributed by atoms with Gasteiger partial charge < -0.3 is 30.4 Å². The number of nitrogen functional groups attached to an aromatic ring is 1. The molecule has 21 heavy (non-hydrogen) atoms. The van der Waals surface area contributed by atoms with Crippen molar-refractivity contribution >= 4 is 16.9 Å². The van der Waals surface area contributed by atoms with Crippen molar-refractivity contribution in [3.05, 3.63) is 18.3 Å². The predicted molar refractivity (Wildman–Crippen MR) is 69.5 cm³/mol. The van der Waals surface area contributed by atoms with Gasteiger partial charge >= 0.3 is 0 Å². The zero-order valence-electron chi connectivity index (χ0n) is 11.0. The second-order valence-electron chi connectivity index (χ2n) is 5.05. The summed E-state index contributed by atoms with van der Waals surface area (Å²) in [6.45, 7) is -1.11. The van der Waals surface area contributed by atoms with Gasteiger partial charge in [0.05, 0.1) is 24.7 Å². The molecule has 3 rings (SSSR count). The molecular weight excluding hydrogens is 283 g/mol. The maximum atomic E-state index is 14.0. The first-order chi connectivity index (χ1) is 10.0. The third kappa shape index (κ3) is 1.97. The molecule has 2 aromatic rings. The van der Waals surface area contributed by atoms with Crippen LogP contribution in [0.4, 0.5) is 10.2 Å². The standard InChI is InChI=1S/C12H15FN4O4/c13-6-2-17(11-9(6)10(14)15-5-16-11)8-1-7(20)12(3-18,4-19)21-8/h2,5,7-8,18-20H,1,3-4H2,(H2,14,15,16)/t7-,8+/m0/s1. The molecule has 9 heteroatoms. The second-order valence-corrected chi connectivity index (χ2v) is 5.05. The average molecular weight is 298 g/mol. The number of nitrogens with two attached hydrogens (primary N) is 1. The van der Waals surface area contributed by atoms with Crippen LogP contribution in [0.2, 0.25) is 0 Å². The topological polar surface area (TPSA) is 127 Å². The van der Waals surface area contributed by atoms with Gasteiger partial charge in [0.2, 0.25) is 0 Å². The highest BCUT2D eigenvalue weighted by molar-refractivity contribution is 5.86. The van der Waals surface area contributed by atoms with E-state index in [1.807, 2.05) is 0 Å². The third-order valence-electron chi connectivity index (χ3n) is 3.84. The SMILES string of the molecule is Nc1ncnc2c1c(F)cn2[C@H]1C[C@H](O)C(CO)(CO)O1. The molecule has 114 valence electrons. The van der Waals surface area contributed by atoms with Gasteiger partial charge in [0, 0.05) is 12.6 Å². The summed E-state index contributed by atoms with van der Waals surface area (Å²) in [5.41, 5.74) is 4.38. The largest absolute Gasteiger partial charge is 0.393 e. The summed E-state index contributed by atoms with van der Waals surface area (Å²) < 4.78 is 20.9. The number of aromatic nitrogens is 3. The van der Waals surface area contributed by atoms with Gasteiger partial charge in [-0.15, -0.1) is 0 Å². The van der Waals surface area contributed by atoms with E-state index in [9.17, 15) is 19.7 Å². The number of fused-ring (bicyclic) bond motifs is 1. The van der Waals surface area contributed by atoms with Gasteiger partial charge in [-0.3, -0.25) is 0 Å². The Hall–Kier alpha value is -1.81. The smallest absolute Gasteiger partial charge is 0.154 e. The zero-order valence-corrected chi connectivity index (χ0v) is 11.0. The zero-order chi connectivity index (χ0) is 15.2. The Kier molecular flexibility index (Phi) is 3.29. The number of nitrogens with zero attached hydrogens (tertiary/aromatic N) is 3. The molecule has 0 aromatic carbocycles. The number of ether oxygens (including phenoxy) is 1. The molecule has 3 heterocycles. The lowest BCUT2D eigenvalue weighted by molar-refractivity contribution is -0.148. The Morgan fingerprint density at radius 3 is 2.76 bits per heavy atom. The van der Waals surface area contributed by atoms with E-state index in [1.54, 1.807) is 0 Å². The second kappa shape index (κ2) is 4.88. The van der Waals surface area contributed by atoms with Crippen LogP contribution in [0.25, 0.3) is 11.0 Å². The van der Waals surface area contributed by atoms with Crippen LogP contribution in [0.1, 0.15) is 12.6 Å². The molecule has 0 unspecified atom stereocenters. The van der Waals surface area contributed by atoms with Gasteiger partial charge in [0.25, 0.3) is 0 Å². The van der Waals surface area contributed by atoms with Crippen LogP contribution in [-0.2, 0) is 4.74 Å². The van der Waals surface area contributed by atoms with Crippen LogP contribution in [0, 0.1) is 5.82 Å². The van der Waals surface area contributed by atoms with Crippen molar-refractivity contribution in [2.45, 2.75) is 24.4 Å². The summed E-state index contributed by atoms with van der Waals surface area (Å²) in [7, 11) is 0. The van der Waals surface area contributed by atoms with Crippen LogP contribution in [-0.4, -0.2) is 54.8 Å².